The average molecular weight is 471 g/mol. The second-order valence-corrected chi connectivity index (χ2v) is 9.21. The highest BCUT2D eigenvalue weighted by atomic mass is 19.1. The highest BCUT2D eigenvalue weighted by molar-refractivity contribution is 5.87. The largest absolute Gasteiger partial charge is 0.496 e. The van der Waals surface area contributed by atoms with Crippen molar-refractivity contribution in [3.8, 4) is 5.75 Å². The third kappa shape index (κ3) is 5.55. The lowest BCUT2D eigenvalue weighted by Gasteiger charge is -2.26. The number of esters is 1. The lowest BCUT2D eigenvalue weighted by molar-refractivity contribution is -0.158. The fourth-order valence-corrected chi connectivity index (χ4v) is 4.40. The van der Waals surface area contributed by atoms with Crippen LogP contribution in [0.1, 0.15) is 54.5 Å². The molecule has 2 aromatic rings. The maximum atomic E-state index is 15.5. The van der Waals surface area contributed by atoms with Crippen molar-refractivity contribution >= 4 is 11.5 Å². The fraction of sp³-hybridized carbons (Fsp3) is 0.393. The van der Waals surface area contributed by atoms with Crippen LogP contribution in [-0.4, -0.2) is 30.4 Å². The molecule has 0 aliphatic carbocycles. The van der Waals surface area contributed by atoms with Crippen molar-refractivity contribution in [2.45, 2.75) is 59.7 Å². The first-order chi connectivity index (χ1) is 16.0. The van der Waals surface area contributed by atoms with Crippen molar-refractivity contribution in [2.24, 2.45) is 5.92 Å². The first-order valence-corrected chi connectivity index (χ1v) is 11.4. The number of rotatable bonds is 6. The van der Waals surface area contributed by atoms with E-state index >= 15 is 4.39 Å². The van der Waals surface area contributed by atoms with Crippen LogP contribution >= 0.6 is 0 Å². The lowest BCUT2D eigenvalue weighted by Crippen LogP contribution is -2.33. The van der Waals surface area contributed by atoms with Crippen LogP contribution in [0.25, 0.3) is 5.57 Å². The van der Waals surface area contributed by atoms with E-state index in [1.807, 2.05) is 39.8 Å². The number of aliphatic hydroxyl groups excluding tert-OH is 1. The molecule has 0 bridgehead atoms. The van der Waals surface area contributed by atoms with Gasteiger partial charge >= 0.3 is 5.97 Å². The predicted octanol–water partition coefficient (Wildman–Crippen LogP) is 6.14. The molecule has 2 aromatic carbocycles. The molecule has 0 saturated carbocycles. The summed E-state index contributed by atoms with van der Waals surface area (Å²) in [5.41, 5.74) is 5.22. The van der Waals surface area contributed by atoms with E-state index in [4.69, 9.17) is 9.47 Å². The van der Waals surface area contributed by atoms with E-state index in [0.29, 0.717) is 22.5 Å². The molecular formula is C28H32F2O4. The van der Waals surface area contributed by atoms with Crippen molar-refractivity contribution in [3.05, 3.63) is 81.4 Å². The molecule has 1 aliphatic rings. The molecular weight excluding hydrogens is 438 g/mol. The number of hydrogen-bond donors (Lipinski definition) is 1. The average Bonchev–Trinajstić information content (AvgIpc) is 2.74. The number of cyclic esters (lactones) is 1. The second kappa shape index (κ2) is 10.5. The Balaban J connectivity index is 2.32. The Morgan fingerprint density at radius 3 is 2.47 bits per heavy atom. The van der Waals surface area contributed by atoms with Crippen LogP contribution in [-0.2, 0) is 9.53 Å². The van der Waals surface area contributed by atoms with Gasteiger partial charge in [0.05, 0.1) is 19.6 Å². The summed E-state index contributed by atoms with van der Waals surface area (Å²) in [5.74, 6) is -1.09. The standard InChI is InChI=1S/C28H32F2O4/c1-15(2)21(14-24(30)25-12-20(31)13-26(32)34-25)27(19-7-8-23(29)17(4)11-19)22-10-16(3)9-18(5)28(22)33-6/h7-11,14-15,20,25,31H,12-13H2,1-6H3/b24-14-,27-21-. The van der Waals surface area contributed by atoms with Gasteiger partial charge in [-0.05, 0) is 84.4 Å². The Morgan fingerprint density at radius 1 is 1.18 bits per heavy atom. The van der Waals surface area contributed by atoms with Gasteiger partial charge in [0.1, 0.15) is 17.4 Å². The number of ether oxygens (including phenoxy) is 2. The minimum Gasteiger partial charge on any atom is -0.496 e. The van der Waals surface area contributed by atoms with Crippen LogP contribution in [0.15, 0.2) is 47.8 Å². The first-order valence-electron chi connectivity index (χ1n) is 11.4. The molecule has 2 unspecified atom stereocenters. The van der Waals surface area contributed by atoms with Gasteiger partial charge in [0, 0.05) is 12.0 Å². The molecule has 1 heterocycles. The minimum absolute atomic E-state index is 0.00267. The van der Waals surface area contributed by atoms with Crippen molar-refractivity contribution in [1.82, 2.24) is 0 Å². The Bertz CT molecular complexity index is 1150. The summed E-state index contributed by atoms with van der Waals surface area (Å²) >= 11 is 0. The monoisotopic (exact) mass is 470 g/mol. The Morgan fingerprint density at radius 2 is 1.88 bits per heavy atom. The molecule has 4 nitrogen and oxygen atoms in total. The molecule has 6 heteroatoms. The van der Waals surface area contributed by atoms with Crippen molar-refractivity contribution in [1.29, 1.82) is 0 Å². The third-order valence-electron chi connectivity index (χ3n) is 6.01. The number of aliphatic hydroxyl groups is 1. The Labute approximate surface area is 199 Å². The van der Waals surface area contributed by atoms with Crippen molar-refractivity contribution in [2.75, 3.05) is 7.11 Å². The quantitative estimate of drug-likeness (QED) is 0.407. The van der Waals surface area contributed by atoms with Crippen LogP contribution in [0.2, 0.25) is 0 Å². The van der Waals surface area contributed by atoms with Crippen LogP contribution in [0.4, 0.5) is 8.78 Å². The van der Waals surface area contributed by atoms with E-state index in [2.05, 4.69) is 0 Å². The SMILES string of the molecule is COc1c(C)cc(C)cc1/C(=C(/C=C(\F)C1CC(O)CC(=O)O1)C(C)C)c1ccc(F)c(C)c1. The highest BCUT2D eigenvalue weighted by Gasteiger charge is 2.31. The molecule has 1 fully saturated rings. The van der Waals surface area contributed by atoms with E-state index in [-0.39, 0.29) is 24.6 Å². The van der Waals surface area contributed by atoms with Gasteiger partial charge in [0.25, 0.3) is 0 Å². The number of benzene rings is 2. The van der Waals surface area contributed by atoms with Gasteiger partial charge in [0.2, 0.25) is 0 Å². The molecule has 3 rings (SSSR count). The number of carbonyl (C=O) groups is 1. The zero-order chi connectivity index (χ0) is 25.2. The molecule has 0 spiro atoms. The van der Waals surface area contributed by atoms with Crippen molar-refractivity contribution in [3.63, 3.8) is 0 Å². The number of allylic oxidation sites excluding steroid dienone is 2. The summed E-state index contributed by atoms with van der Waals surface area (Å²) in [6.45, 7) is 9.47. The lowest BCUT2D eigenvalue weighted by atomic mass is 9.85. The molecule has 1 N–H and O–H groups in total. The maximum absolute atomic E-state index is 15.5. The van der Waals surface area contributed by atoms with Crippen LogP contribution in [0.5, 0.6) is 5.75 Å². The second-order valence-electron chi connectivity index (χ2n) is 9.21. The van der Waals surface area contributed by atoms with Gasteiger partial charge in [-0.3, -0.25) is 4.79 Å². The predicted molar refractivity (Wildman–Crippen MR) is 129 cm³/mol. The number of carbonyl (C=O) groups excluding carboxylic acids is 1. The van der Waals surface area contributed by atoms with E-state index in [1.54, 1.807) is 26.2 Å². The van der Waals surface area contributed by atoms with Crippen LogP contribution < -0.4 is 4.74 Å². The summed E-state index contributed by atoms with van der Waals surface area (Å²) < 4.78 is 40.5. The Hall–Kier alpha value is -2.99. The van der Waals surface area contributed by atoms with E-state index in [0.717, 1.165) is 22.3 Å². The van der Waals surface area contributed by atoms with Gasteiger partial charge < -0.3 is 14.6 Å². The molecule has 182 valence electrons. The molecule has 1 saturated heterocycles. The molecule has 34 heavy (non-hydrogen) atoms. The summed E-state index contributed by atoms with van der Waals surface area (Å²) in [5, 5.41) is 9.93. The van der Waals surface area contributed by atoms with Crippen LogP contribution in [0, 0.1) is 32.5 Å². The van der Waals surface area contributed by atoms with Gasteiger partial charge in [-0.2, -0.15) is 0 Å². The van der Waals surface area contributed by atoms with Gasteiger partial charge in [-0.25, -0.2) is 8.78 Å². The van der Waals surface area contributed by atoms with Gasteiger partial charge in [-0.15, -0.1) is 0 Å². The van der Waals surface area contributed by atoms with Crippen molar-refractivity contribution < 1.29 is 28.2 Å². The summed E-state index contributed by atoms with van der Waals surface area (Å²) in [7, 11) is 1.59. The normalized spacial score (nSPS) is 19.7. The zero-order valence-electron chi connectivity index (χ0n) is 20.5. The number of aryl methyl sites for hydroxylation is 3. The summed E-state index contributed by atoms with van der Waals surface area (Å²) in [4.78, 5) is 11.8. The fourth-order valence-electron chi connectivity index (χ4n) is 4.40. The maximum Gasteiger partial charge on any atom is 0.309 e. The Kier molecular flexibility index (Phi) is 7.93. The van der Waals surface area contributed by atoms with E-state index < -0.39 is 24.0 Å². The molecule has 1 aliphatic heterocycles. The van der Waals surface area contributed by atoms with E-state index in [9.17, 15) is 14.3 Å². The number of hydrogen-bond acceptors (Lipinski definition) is 4. The molecule has 0 aromatic heterocycles. The van der Waals surface area contributed by atoms with E-state index in [1.165, 1.54) is 12.1 Å². The summed E-state index contributed by atoms with van der Waals surface area (Å²) in [6.07, 6.45) is -0.863. The van der Waals surface area contributed by atoms with Gasteiger partial charge in [0.15, 0.2) is 6.10 Å². The smallest absolute Gasteiger partial charge is 0.309 e. The summed E-state index contributed by atoms with van der Waals surface area (Å²) in [6, 6.07) is 8.78. The molecule has 2 atom stereocenters. The van der Waals surface area contributed by atoms with Gasteiger partial charge in [-0.1, -0.05) is 26.0 Å². The zero-order valence-corrected chi connectivity index (χ0v) is 20.5. The molecule has 0 amide bonds. The first kappa shape index (κ1) is 25.6. The van der Waals surface area contributed by atoms with Crippen LogP contribution in [0.3, 0.4) is 0 Å². The number of methoxy groups -OCH3 is 1. The topological polar surface area (TPSA) is 55.8 Å². The third-order valence-corrected chi connectivity index (χ3v) is 6.01. The highest BCUT2D eigenvalue weighted by Crippen LogP contribution is 2.40. The minimum atomic E-state index is -1.15. The number of halogens is 2. The molecule has 0 radical (unpaired) electrons.